The Hall–Kier alpha value is -2.36. The van der Waals surface area contributed by atoms with E-state index in [4.69, 9.17) is 16.3 Å². The maximum Gasteiger partial charge on any atom is 0.341 e. The van der Waals surface area contributed by atoms with E-state index >= 15 is 0 Å². The van der Waals surface area contributed by atoms with Crippen molar-refractivity contribution in [1.82, 2.24) is 14.8 Å². The Morgan fingerprint density at radius 1 is 1.30 bits per heavy atom. The minimum Gasteiger partial charge on any atom is -0.465 e. The lowest BCUT2D eigenvalue weighted by molar-refractivity contribution is -0.113. The second kappa shape index (κ2) is 8.79. The van der Waals surface area contributed by atoms with Crippen LogP contribution in [0.2, 0.25) is 5.02 Å². The van der Waals surface area contributed by atoms with Gasteiger partial charge in [0.15, 0.2) is 5.16 Å². The molecule has 1 saturated carbocycles. The van der Waals surface area contributed by atoms with E-state index in [-0.39, 0.29) is 11.7 Å². The number of anilines is 1. The molecule has 0 atom stereocenters. The lowest BCUT2D eigenvalue weighted by atomic mass is 10.0. The van der Waals surface area contributed by atoms with Crippen LogP contribution < -0.4 is 5.32 Å². The predicted octanol–water partition coefficient (Wildman–Crippen LogP) is 4.59. The van der Waals surface area contributed by atoms with E-state index in [9.17, 15) is 9.59 Å². The molecule has 10 heteroatoms. The second-order valence-corrected chi connectivity index (χ2v) is 9.12. The molecule has 30 heavy (non-hydrogen) atoms. The number of esters is 1. The van der Waals surface area contributed by atoms with Gasteiger partial charge in [0.25, 0.3) is 0 Å². The molecule has 1 amide bonds. The quantitative estimate of drug-likeness (QED) is 0.408. The number of aromatic nitrogens is 3. The number of carbonyl (C=O) groups is 2. The van der Waals surface area contributed by atoms with Crippen LogP contribution in [0.4, 0.5) is 5.00 Å². The van der Waals surface area contributed by atoms with Crippen LogP contribution in [0.1, 0.15) is 34.9 Å². The molecule has 0 aliphatic heterocycles. The third kappa shape index (κ3) is 4.38. The molecule has 1 aliphatic carbocycles. The van der Waals surface area contributed by atoms with Crippen molar-refractivity contribution in [1.29, 1.82) is 0 Å². The largest absolute Gasteiger partial charge is 0.465 e. The number of thioether (sulfide) groups is 1. The summed E-state index contributed by atoms with van der Waals surface area (Å²) in [7, 11) is 3.24. The highest BCUT2D eigenvalue weighted by Crippen LogP contribution is 2.40. The highest BCUT2D eigenvalue weighted by molar-refractivity contribution is 7.99. The number of rotatable bonds is 7. The van der Waals surface area contributed by atoms with Gasteiger partial charge < -0.3 is 14.6 Å². The van der Waals surface area contributed by atoms with Crippen LogP contribution >= 0.6 is 34.7 Å². The summed E-state index contributed by atoms with van der Waals surface area (Å²) in [6.07, 6.45) is 2.28. The average Bonchev–Trinajstić information content (AvgIpc) is 3.40. The van der Waals surface area contributed by atoms with Crippen LogP contribution in [0.5, 0.6) is 0 Å². The molecule has 0 bridgehead atoms. The van der Waals surface area contributed by atoms with Crippen molar-refractivity contribution in [3.63, 3.8) is 0 Å². The monoisotopic (exact) mass is 462 g/mol. The molecule has 7 nitrogen and oxygen atoms in total. The van der Waals surface area contributed by atoms with Crippen LogP contribution in [0.25, 0.3) is 11.1 Å². The molecule has 156 valence electrons. The maximum atomic E-state index is 12.6. The Bertz CT molecular complexity index is 1090. The number of benzene rings is 1. The maximum absolute atomic E-state index is 12.6. The first-order valence-corrected chi connectivity index (χ1v) is 11.5. The number of methoxy groups -OCH3 is 1. The summed E-state index contributed by atoms with van der Waals surface area (Å²) >= 11 is 8.56. The van der Waals surface area contributed by atoms with Crippen molar-refractivity contribution >= 4 is 51.6 Å². The van der Waals surface area contributed by atoms with Gasteiger partial charge in [0.05, 0.1) is 12.9 Å². The highest BCUT2D eigenvalue weighted by atomic mass is 35.5. The van der Waals surface area contributed by atoms with Gasteiger partial charge >= 0.3 is 5.97 Å². The predicted molar refractivity (Wildman–Crippen MR) is 118 cm³/mol. The van der Waals surface area contributed by atoms with E-state index in [1.807, 2.05) is 29.1 Å². The molecular formula is C20H19ClN4O3S2. The Morgan fingerprint density at radius 3 is 2.70 bits per heavy atom. The molecule has 0 unspecified atom stereocenters. The van der Waals surface area contributed by atoms with Gasteiger partial charge in [-0.3, -0.25) is 4.79 Å². The van der Waals surface area contributed by atoms with Gasteiger partial charge in [-0.15, -0.1) is 21.5 Å². The van der Waals surface area contributed by atoms with Crippen molar-refractivity contribution < 1.29 is 14.3 Å². The zero-order chi connectivity index (χ0) is 21.3. The molecule has 1 N–H and O–H groups in total. The summed E-state index contributed by atoms with van der Waals surface area (Å²) in [4.78, 5) is 25.0. The Labute approximate surface area is 186 Å². The van der Waals surface area contributed by atoms with Gasteiger partial charge in [-0.05, 0) is 30.5 Å². The van der Waals surface area contributed by atoms with Crippen LogP contribution in [0.3, 0.4) is 0 Å². The highest BCUT2D eigenvalue weighted by Gasteiger charge is 2.29. The normalized spacial score (nSPS) is 13.3. The van der Waals surface area contributed by atoms with Gasteiger partial charge in [-0.25, -0.2) is 4.79 Å². The molecule has 1 aliphatic rings. The molecule has 2 aromatic heterocycles. The van der Waals surface area contributed by atoms with Gasteiger partial charge in [0.2, 0.25) is 5.91 Å². The lowest BCUT2D eigenvalue weighted by Crippen LogP contribution is -2.16. The standard InChI is InChI=1S/C20H19ClN4O3S2/c1-25-17(12-3-4-12)23-24-20(25)30-10-15(26)22-18-16(19(27)28-2)14(9-29-18)11-5-7-13(21)8-6-11/h5-9,12H,3-4,10H2,1-2H3,(H,22,26). The van der Waals surface area contributed by atoms with E-state index < -0.39 is 5.97 Å². The first kappa shape index (κ1) is 20.9. The average molecular weight is 463 g/mol. The van der Waals surface area contributed by atoms with Crippen molar-refractivity contribution in [3.05, 3.63) is 46.1 Å². The first-order valence-electron chi connectivity index (χ1n) is 9.25. The second-order valence-electron chi connectivity index (χ2n) is 6.86. The number of hydrogen-bond donors (Lipinski definition) is 1. The van der Waals surface area contributed by atoms with Crippen LogP contribution in [-0.4, -0.2) is 39.5 Å². The summed E-state index contributed by atoms with van der Waals surface area (Å²) < 4.78 is 6.89. The fraction of sp³-hybridized carbons (Fsp3) is 0.300. The summed E-state index contributed by atoms with van der Waals surface area (Å²) in [5.41, 5.74) is 1.84. The summed E-state index contributed by atoms with van der Waals surface area (Å²) in [6, 6.07) is 7.15. The van der Waals surface area contributed by atoms with E-state index in [2.05, 4.69) is 15.5 Å². The zero-order valence-corrected chi connectivity index (χ0v) is 18.7. The zero-order valence-electron chi connectivity index (χ0n) is 16.3. The summed E-state index contributed by atoms with van der Waals surface area (Å²) in [5.74, 6) is 0.880. The van der Waals surface area contributed by atoms with Crippen molar-refractivity contribution in [2.75, 3.05) is 18.2 Å². The SMILES string of the molecule is COC(=O)c1c(-c2ccc(Cl)cc2)csc1NC(=O)CSc1nnc(C2CC2)n1C. The van der Waals surface area contributed by atoms with Gasteiger partial charge in [-0.2, -0.15) is 0 Å². The number of ether oxygens (including phenoxy) is 1. The van der Waals surface area contributed by atoms with E-state index in [1.165, 1.54) is 30.2 Å². The molecule has 1 aromatic carbocycles. The number of hydrogen-bond acceptors (Lipinski definition) is 7. The summed E-state index contributed by atoms with van der Waals surface area (Å²) in [5, 5.41) is 14.8. The molecule has 0 radical (unpaired) electrons. The summed E-state index contributed by atoms with van der Waals surface area (Å²) in [6.45, 7) is 0. The minimum atomic E-state index is -0.508. The number of amides is 1. The first-order chi connectivity index (χ1) is 14.5. The molecule has 4 rings (SSSR count). The minimum absolute atomic E-state index is 0.158. The molecule has 2 heterocycles. The van der Waals surface area contributed by atoms with Crippen molar-refractivity contribution in [2.45, 2.75) is 23.9 Å². The van der Waals surface area contributed by atoms with Crippen molar-refractivity contribution in [3.8, 4) is 11.1 Å². The van der Waals surface area contributed by atoms with E-state index in [0.717, 1.165) is 24.2 Å². The molecule has 0 spiro atoms. The van der Waals surface area contributed by atoms with Crippen LogP contribution in [0, 0.1) is 0 Å². The van der Waals surface area contributed by atoms with E-state index in [1.54, 1.807) is 12.1 Å². The Morgan fingerprint density at radius 2 is 2.03 bits per heavy atom. The fourth-order valence-electron chi connectivity index (χ4n) is 3.04. The molecule has 1 fully saturated rings. The Balaban J connectivity index is 1.48. The van der Waals surface area contributed by atoms with Crippen molar-refractivity contribution in [2.24, 2.45) is 7.05 Å². The molecular weight excluding hydrogens is 444 g/mol. The van der Waals surface area contributed by atoms with E-state index in [0.29, 0.717) is 32.2 Å². The third-order valence-corrected chi connectivity index (χ3v) is 6.90. The molecule has 3 aromatic rings. The number of nitrogens with zero attached hydrogens (tertiary/aromatic N) is 3. The topological polar surface area (TPSA) is 86.1 Å². The van der Waals surface area contributed by atoms with Gasteiger partial charge in [-0.1, -0.05) is 35.5 Å². The van der Waals surface area contributed by atoms with Gasteiger partial charge in [0.1, 0.15) is 16.4 Å². The lowest BCUT2D eigenvalue weighted by Gasteiger charge is -2.08. The number of halogens is 1. The smallest absolute Gasteiger partial charge is 0.341 e. The fourth-order valence-corrected chi connectivity index (χ4v) is 4.86. The van der Waals surface area contributed by atoms with Gasteiger partial charge in [0, 0.05) is 28.9 Å². The number of nitrogens with one attached hydrogen (secondary N) is 1. The number of carbonyl (C=O) groups excluding carboxylic acids is 2. The van der Waals surface area contributed by atoms with Crippen LogP contribution in [0.15, 0.2) is 34.8 Å². The Kier molecular flexibility index (Phi) is 6.12. The van der Waals surface area contributed by atoms with Crippen LogP contribution in [-0.2, 0) is 16.6 Å². The molecule has 0 saturated heterocycles. The number of thiophene rings is 1. The third-order valence-electron chi connectivity index (χ3n) is 4.73.